The van der Waals surface area contributed by atoms with Crippen molar-refractivity contribution < 1.29 is 4.74 Å². The summed E-state index contributed by atoms with van der Waals surface area (Å²) in [7, 11) is 0. The maximum absolute atomic E-state index is 5.53. The Kier molecular flexibility index (Phi) is 3.62. The standard InChI is InChI=1S/C12H19N3O/c1-3-14-11-6-12(8-13-7-11)15-4-5-16-10(2)9-15/h6-8,10,14H,3-5,9H2,1-2H3. The highest BCUT2D eigenvalue weighted by Crippen LogP contribution is 2.20. The van der Waals surface area contributed by atoms with E-state index in [1.165, 1.54) is 5.69 Å². The molecule has 0 aliphatic carbocycles. The van der Waals surface area contributed by atoms with Crippen LogP contribution in [0.5, 0.6) is 0 Å². The van der Waals surface area contributed by atoms with Crippen molar-refractivity contribution in [3.63, 3.8) is 0 Å². The number of morpholine rings is 1. The lowest BCUT2D eigenvalue weighted by molar-refractivity contribution is 0.0532. The van der Waals surface area contributed by atoms with Crippen molar-refractivity contribution in [2.75, 3.05) is 36.5 Å². The van der Waals surface area contributed by atoms with Crippen molar-refractivity contribution in [2.24, 2.45) is 0 Å². The molecule has 1 aliphatic rings. The Balaban J connectivity index is 2.09. The van der Waals surface area contributed by atoms with Gasteiger partial charge in [0.25, 0.3) is 0 Å². The summed E-state index contributed by atoms with van der Waals surface area (Å²) < 4.78 is 5.53. The molecule has 1 saturated heterocycles. The summed E-state index contributed by atoms with van der Waals surface area (Å²) in [4.78, 5) is 6.58. The van der Waals surface area contributed by atoms with Crippen molar-refractivity contribution in [3.8, 4) is 0 Å². The highest BCUT2D eigenvalue weighted by molar-refractivity contribution is 5.55. The SMILES string of the molecule is CCNc1cncc(N2CCOC(C)C2)c1. The van der Waals surface area contributed by atoms with Crippen LogP contribution in [0.3, 0.4) is 0 Å². The zero-order valence-electron chi connectivity index (χ0n) is 9.94. The van der Waals surface area contributed by atoms with Gasteiger partial charge in [-0.15, -0.1) is 0 Å². The van der Waals surface area contributed by atoms with E-state index in [2.05, 4.69) is 35.1 Å². The minimum absolute atomic E-state index is 0.302. The number of pyridine rings is 1. The van der Waals surface area contributed by atoms with Crippen molar-refractivity contribution in [3.05, 3.63) is 18.5 Å². The van der Waals surface area contributed by atoms with Crippen LogP contribution in [0.15, 0.2) is 18.5 Å². The molecule has 1 N–H and O–H groups in total. The number of nitrogens with one attached hydrogen (secondary N) is 1. The number of ether oxygens (including phenoxy) is 1. The molecule has 0 aromatic carbocycles. The lowest BCUT2D eigenvalue weighted by Crippen LogP contribution is -2.41. The minimum Gasteiger partial charge on any atom is -0.384 e. The van der Waals surface area contributed by atoms with Gasteiger partial charge in [0.1, 0.15) is 0 Å². The molecule has 16 heavy (non-hydrogen) atoms. The topological polar surface area (TPSA) is 37.4 Å². The Labute approximate surface area is 96.6 Å². The monoisotopic (exact) mass is 221 g/mol. The molecule has 1 unspecified atom stereocenters. The van der Waals surface area contributed by atoms with Gasteiger partial charge >= 0.3 is 0 Å². The zero-order chi connectivity index (χ0) is 11.4. The molecule has 4 heteroatoms. The van der Waals surface area contributed by atoms with Crippen molar-refractivity contribution in [2.45, 2.75) is 20.0 Å². The summed E-state index contributed by atoms with van der Waals surface area (Å²) in [5.74, 6) is 0. The van der Waals surface area contributed by atoms with E-state index in [9.17, 15) is 0 Å². The number of nitrogens with zero attached hydrogens (tertiary/aromatic N) is 2. The molecule has 1 aromatic heterocycles. The lowest BCUT2D eigenvalue weighted by atomic mass is 10.2. The van der Waals surface area contributed by atoms with Gasteiger partial charge in [-0.3, -0.25) is 4.98 Å². The fraction of sp³-hybridized carbons (Fsp3) is 0.583. The predicted molar refractivity (Wildman–Crippen MR) is 66.0 cm³/mol. The number of rotatable bonds is 3. The van der Waals surface area contributed by atoms with E-state index in [0.717, 1.165) is 31.9 Å². The quantitative estimate of drug-likeness (QED) is 0.843. The van der Waals surface area contributed by atoms with E-state index in [1.54, 1.807) is 0 Å². The van der Waals surface area contributed by atoms with Crippen LogP contribution in [-0.4, -0.2) is 37.3 Å². The second-order valence-electron chi connectivity index (χ2n) is 4.09. The van der Waals surface area contributed by atoms with Gasteiger partial charge in [0.15, 0.2) is 0 Å². The summed E-state index contributed by atoms with van der Waals surface area (Å²) in [6, 6.07) is 2.15. The molecule has 0 bridgehead atoms. The minimum atomic E-state index is 0.302. The zero-order valence-corrected chi connectivity index (χ0v) is 9.94. The fourth-order valence-electron chi connectivity index (χ4n) is 1.95. The molecule has 1 fully saturated rings. The first kappa shape index (κ1) is 11.2. The molecule has 1 aliphatic heterocycles. The molecular formula is C12H19N3O. The van der Waals surface area contributed by atoms with E-state index in [1.807, 2.05) is 12.4 Å². The highest BCUT2D eigenvalue weighted by Gasteiger charge is 2.17. The summed E-state index contributed by atoms with van der Waals surface area (Å²) in [6.07, 6.45) is 4.08. The fourth-order valence-corrected chi connectivity index (χ4v) is 1.95. The van der Waals surface area contributed by atoms with Gasteiger partial charge in [-0.1, -0.05) is 0 Å². The summed E-state index contributed by atoms with van der Waals surface area (Å²) in [6.45, 7) is 7.80. The molecule has 0 radical (unpaired) electrons. The Morgan fingerprint density at radius 1 is 1.56 bits per heavy atom. The van der Waals surface area contributed by atoms with Crippen LogP contribution < -0.4 is 10.2 Å². The van der Waals surface area contributed by atoms with Crippen LogP contribution in [0, 0.1) is 0 Å². The third-order valence-electron chi connectivity index (χ3n) is 2.71. The normalized spacial score (nSPS) is 20.9. The first-order chi connectivity index (χ1) is 7.79. The molecule has 1 atom stereocenters. The predicted octanol–water partition coefficient (Wildman–Crippen LogP) is 1.74. The van der Waals surface area contributed by atoms with E-state index in [4.69, 9.17) is 4.74 Å². The first-order valence-corrected chi connectivity index (χ1v) is 5.85. The Hall–Kier alpha value is -1.29. The number of hydrogen-bond acceptors (Lipinski definition) is 4. The van der Waals surface area contributed by atoms with Crippen LogP contribution in [0.4, 0.5) is 11.4 Å². The molecule has 0 saturated carbocycles. The number of hydrogen-bond donors (Lipinski definition) is 1. The smallest absolute Gasteiger partial charge is 0.0722 e. The molecule has 0 amide bonds. The van der Waals surface area contributed by atoms with Gasteiger partial charge < -0.3 is 15.0 Å². The van der Waals surface area contributed by atoms with Gasteiger partial charge in [-0.25, -0.2) is 0 Å². The van der Waals surface area contributed by atoms with Crippen molar-refractivity contribution >= 4 is 11.4 Å². The first-order valence-electron chi connectivity index (χ1n) is 5.85. The largest absolute Gasteiger partial charge is 0.384 e. The molecule has 4 nitrogen and oxygen atoms in total. The maximum atomic E-state index is 5.53. The second kappa shape index (κ2) is 5.16. The number of aromatic nitrogens is 1. The summed E-state index contributed by atoms with van der Waals surface area (Å²) >= 11 is 0. The maximum Gasteiger partial charge on any atom is 0.0722 e. The Morgan fingerprint density at radius 2 is 2.44 bits per heavy atom. The van der Waals surface area contributed by atoms with Crippen LogP contribution in [-0.2, 0) is 4.74 Å². The van der Waals surface area contributed by atoms with Gasteiger partial charge in [0.05, 0.1) is 36.5 Å². The number of anilines is 2. The van der Waals surface area contributed by atoms with Crippen LogP contribution in [0.25, 0.3) is 0 Å². The molecule has 1 aromatic rings. The van der Waals surface area contributed by atoms with E-state index in [0.29, 0.717) is 6.10 Å². The Bertz CT molecular complexity index is 343. The van der Waals surface area contributed by atoms with Crippen molar-refractivity contribution in [1.82, 2.24) is 4.98 Å². The van der Waals surface area contributed by atoms with Crippen LogP contribution >= 0.6 is 0 Å². The van der Waals surface area contributed by atoms with Gasteiger partial charge in [-0.2, -0.15) is 0 Å². The van der Waals surface area contributed by atoms with E-state index < -0.39 is 0 Å². The van der Waals surface area contributed by atoms with Crippen LogP contribution in [0.2, 0.25) is 0 Å². The third kappa shape index (κ3) is 2.64. The summed E-state index contributed by atoms with van der Waals surface area (Å²) in [5, 5.41) is 3.28. The molecule has 2 rings (SSSR count). The molecule has 0 spiro atoms. The lowest BCUT2D eigenvalue weighted by Gasteiger charge is -2.32. The van der Waals surface area contributed by atoms with Gasteiger partial charge in [-0.05, 0) is 19.9 Å². The molecule has 88 valence electrons. The van der Waals surface area contributed by atoms with Gasteiger partial charge in [0, 0.05) is 19.6 Å². The van der Waals surface area contributed by atoms with E-state index >= 15 is 0 Å². The molecule has 2 heterocycles. The van der Waals surface area contributed by atoms with E-state index in [-0.39, 0.29) is 0 Å². The van der Waals surface area contributed by atoms with Crippen molar-refractivity contribution in [1.29, 1.82) is 0 Å². The Morgan fingerprint density at radius 3 is 3.19 bits per heavy atom. The van der Waals surface area contributed by atoms with Gasteiger partial charge in [0.2, 0.25) is 0 Å². The highest BCUT2D eigenvalue weighted by atomic mass is 16.5. The molecular weight excluding hydrogens is 202 g/mol. The van der Waals surface area contributed by atoms with Crippen LogP contribution in [0.1, 0.15) is 13.8 Å². The average molecular weight is 221 g/mol. The summed E-state index contributed by atoms with van der Waals surface area (Å²) in [5.41, 5.74) is 2.26. The average Bonchev–Trinajstić information content (AvgIpc) is 2.30. The third-order valence-corrected chi connectivity index (χ3v) is 2.71. The second-order valence-corrected chi connectivity index (χ2v) is 4.09.